The summed E-state index contributed by atoms with van der Waals surface area (Å²) in [6.07, 6.45) is -4.76. The summed E-state index contributed by atoms with van der Waals surface area (Å²) in [5, 5.41) is 4.55. The maximum Gasteiger partial charge on any atom is 0.573 e. The van der Waals surface area contributed by atoms with Crippen LogP contribution in [0.2, 0.25) is 0 Å². The van der Waals surface area contributed by atoms with E-state index in [1.54, 1.807) is 0 Å². The Kier molecular flexibility index (Phi) is 4.78. The first-order valence-corrected chi connectivity index (χ1v) is 5.40. The fourth-order valence-electron chi connectivity index (χ4n) is 1.30. The summed E-state index contributed by atoms with van der Waals surface area (Å²) in [7, 11) is 0. The van der Waals surface area contributed by atoms with E-state index in [-0.39, 0.29) is 5.75 Å². The minimum absolute atomic E-state index is 0.378. The van der Waals surface area contributed by atoms with Crippen LogP contribution in [-0.4, -0.2) is 24.3 Å². The van der Waals surface area contributed by atoms with E-state index in [4.69, 9.17) is 5.73 Å². The number of nitrogens with two attached hydrogens (primary N) is 1. The van der Waals surface area contributed by atoms with Crippen LogP contribution in [0.25, 0.3) is 0 Å². The third-order valence-corrected chi connectivity index (χ3v) is 2.11. The van der Waals surface area contributed by atoms with E-state index in [1.807, 2.05) is 5.32 Å². The lowest BCUT2D eigenvalue weighted by atomic mass is 10.2. The number of imide groups is 1. The summed E-state index contributed by atoms with van der Waals surface area (Å²) in [6.45, 7) is 1.46. The summed E-state index contributed by atoms with van der Waals surface area (Å²) in [4.78, 5) is 21.8. The summed E-state index contributed by atoms with van der Waals surface area (Å²) >= 11 is 0. The van der Waals surface area contributed by atoms with E-state index in [9.17, 15) is 22.8 Å². The molecule has 20 heavy (non-hydrogen) atoms. The molecule has 0 saturated carbocycles. The topological polar surface area (TPSA) is 93.4 Å². The molecular weight excluding hydrogens is 279 g/mol. The lowest BCUT2D eigenvalue weighted by Gasteiger charge is -2.14. The van der Waals surface area contributed by atoms with Crippen molar-refractivity contribution in [1.29, 1.82) is 0 Å². The van der Waals surface area contributed by atoms with Gasteiger partial charge in [0.15, 0.2) is 0 Å². The minimum atomic E-state index is -4.76. The van der Waals surface area contributed by atoms with Crippen LogP contribution < -0.4 is 21.1 Å². The number of urea groups is 1. The molecule has 0 aliphatic heterocycles. The number of hydrogen-bond donors (Lipinski definition) is 3. The van der Waals surface area contributed by atoms with Crippen molar-refractivity contribution in [2.24, 2.45) is 5.73 Å². The van der Waals surface area contributed by atoms with Crippen molar-refractivity contribution in [2.75, 3.05) is 5.32 Å². The van der Waals surface area contributed by atoms with E-state index in [0.717, 1.165) is 12.1 Å². The molecule has 1 rings (SSSR count). The zero-order chi connectivity index (χ0) is 15.3. The Bertz CT molecular complexity index is 488. The van der Waals surface area contributed by atoms with Crippen molar-refractivity contribution in [3.05, 3.63) is 24.3 Å². The van der Waals surface area contributed by atoms with Crippen LogP contribution >= 0.6 is 0 Å². The fourth-order valence-corrected chi connectivity index (χ4v) is 1.30. The molecule has 0 aliphatic rings. The van der Waals surface area contributed by atoms with Crippen LogP contribution in [-0.2, 0) is 4.79 Å². The Morgan fingerprint density at radius 3 is 2.25 bits per heavy atom. The number of hydrogen-bond acceptors (Lipinski definition) is 4. The zero-order valence-corrected chi connectivity index (χ0v) is 10.3. The molecule has 1 atom stereocenters. The first kappa shape index (κ1) is 15.6. The highest BCUT2D eigenvalue weighted by atomic mass is 19.4. The number of halogens is 3. The van der Waals surface area contributed by atoms with Crippen LogP contribution in [0.1, 0.15) is 6.92 Å². The van der Waals surface area contributed by atoms with Crippen molar-refractivity contribution in [3.8, 4) is 5.75 Å². The number of primary amides is 1. The number of carbonyl (C=O) groups is 2. The highest BCUT2D eigenvalue weighted by Crippen LogP contribution is 2.24. The Morgan fingerprint density at radius 1 is 1.25 bits per heavy atom. The van der Waals surface area contributed by atoms with E-state index >= 15 is 0 Å². The highest BCUT2D eigenvalue weighted by molar-refractivity contribution is 5.97. The standard InChI is InChI=1S/C11H12F3N3O3/c1-6(9(18)17-10(15)19)16-7-2-4-8(5-3-7)20-11(12,13)14/h2-6,16H,1H3,(H3,15,17,18,19). The van der Waals surface area contributed by atoms with Gasteiger partial charge in [-0.15, -0.1) is 13.2 Å². The molecular formula is C11H12F3N3O3. The average molecular weight is 291 g/mol. The van der Waals surface area contributed by atoms with Gasteiger partial charge < -0.3 is 15.8 Å². The van der Waals surface area contributed by atoms with Crippen LogP contribution in [0.5, 0.6) is 5.75 Å². The molecule has 1 aromatic rings. The molecule has 3 amide bonds. The number of ether oxygens (including phenoxy) is 1. The molecule has 110 valence electrons. The Hall–Kier alpha value is -2.45. The van der Waals surface area contributed by atoms with Gasteiger partial charge in [0.2, 0.25) is 5.91 Å². The molecule has 0 bridgehead atoms. The van der Waals surface area contributed by atoms with E-state index in [1.165, 1.54) is 19.1 Å². The van der Waals surface area contributed by atoms with E-state index in [2.05, 4.69) is 10.1 Å². The maximum atomic E-state index is 11.9. The number of benzene rings is 1. The average Bonchev–Trinajstić information content (AvgIpc) is 2.28. The number of rotatable bonds is 4. The van der Waals surface area contributed by atoms with Gasteiger partial charge in [-0.2, -0.15) is 0 Å². The van der Waals surface area contributed by atoms with Gasteiger partial charge in [-0.25, -0.2) is 4.79 Å². The monoisotopic (exact) mass is 291 g/mol. The van der Waals surface area contributed by atoms with Crippen molar-refractivity contribution in [2.45, 2.75) is 19.3 Å². The molecule has 0 aliphatic carbocycles. The van der Waals surface area contributed by atoms with Crippen molar-refractivity contribution < 1.29 is 27.5 Å². The van der Waals surface area contributed by atoms with Crippen LogP contribution in [0, 0.1) is 0 Å². The number of anilines is 1. The quantitative estimate of drug-likeness (QED) is 0.785. The predicted molar refractivity (Wildman–Crippen MR) is 63.9 cm³/mol. The Balaban J connectivity index is 2.61. The van der Waals surface area contributed by atoms with Crippen LogP contribution in [0.4, 0.5) is 23.7 Å². The van der Waals surface area contributed by atoms with Gasteiger partial charge in [-0.3, -0.25) is 10.1 Å². The first-order valence-electron chi connectivity index (χ1n) is 5.40. The van der Waals surface area contributed by atoms with Gasteiger partial charge in [-0.1, -0.05) is 0 Å². The molecule has 1 unspecified atom stereocenters. The highest BCUT2D eigenvalue weighted by Gasteiger charge is 2.30. The number of nitrogens with one attached hydrogen (secondary N) is 2. The van der Waals surface area contributed by atoms with Gasteiger partial charge in [0.1, 0.15) is 11.8 Å². The third kappa shape index (κ3) is 5.46. The molecule has 4 N–H and O–H groups in total. The second-order valence-corrected chi connectivity index (χ2v) is 3.79. The summed E-state index contributed by atoms with van der Waals surface area (Å²) in [5.41, 5.74) is 5.16. The second-order valence-electron chi connectivity index (χ2n) is 3.79. The Morgan fingerprint density at radius 2 is 1.80 bits per heavy atom. The number of carbonyl (C=O) groups excluding carboxylic acids is 2. The van der Waals surface area contributed by atoms with Gasteiger partial charge >= 0.3 is 12.4 Å². The molecule has 0 heterocycles. The minimum Gasteiger partial charge on any atom is -0.406 e. The third-order valence-electron chi connectivity index (χ3n) is 2.11. The van der Waals surface area contributed by atoms with Crippen molar-refractivity contribution in [1.82, 2.24) is 5.32 Å². The predicted octanol–water partition coefficient (Wildman–Crippen LogP) is 1.58. The van der Waals surface area contributed by atoms with Gasteiger partial charge in [0, 0.05) is 5.69 Å². The van der Waals surface area contributed by atoms with Crippen LogP contribution in [0.15, 0.2) is 24.3 Å². The first-order chi connectivity index (χ1) is 9.17. The smallest absolute Gasteiger partial charge is 0.406 e. The largest absolute Gasteiger partial charge is 0.573 e. The molecule has 0 fully saturated rings. The number of alkyl halides is 3. The lowest BCUT2D eigenvalue weighted by molar-refractivity contribution is -0.274. The molecule has 6 nitrogen and oxygen atoms in total. The molecule has 0 radical (unpaired) electrons. The number of amides is 3. The van der Waals surface area contributed by atoms with Gasteiger partial charge in [-0.05, 0) is 31.2 Å². The molecule has 0 aromatic heterocycles. The van der Waals surface area contributed by atoms with Crippen LogP contribution in [0.3, 0.4) is 0 Å². The maximum absolute atomic E-state index is 11.9. The normalized spacial score (nSPS) is 12.4. The summed E-state index contributed by atoms with van der Waals surface area (Å²) in [6, 6.07) is 3.00. The van der Waals surface area contributed by atoms with E-state index < -0.39 is 24.3 Å². The summed E-state index contributed by atoms with van der Waals surface area (Å²) < 4.78 is 39.5. The van der Waals surface area contributed by atoms with Crippen molar-refractivity contribution in [3.63, 3.8) is 0 Å². The summed E-state index contributed by atoms with van der Waals surface area (Å²) in [5.74, 6) is -1.04. The molecule has 0 spiro atoms. The Labute approximate surface area is 112 Å². The zero-order valence-electron chi connectivity index (χ0n) is 10.3. The van der Waals surface area contributed by atoms with E-state index in [0.29, 0.717) is 5.69 Å². The second kappa shape index (κ2) is 6.13. The fraction of sp³-hybridized carbons (Fsp3) is 0.273. The van der Waals surface area contributed by atoms with Gasteiger partial charge in [0.25, 0.3) is 0 Å². The SMILES string of the molecule is CC(Nc1ccc(OC(F)(F)F)cc1)C(=O)NC(N)=O. The molecule has 0 saturated heterocycles. The lowest BCUT2D eigenvalue weighted by Crippen LogP contribution is -2.43. The molecule has 9 heteroatoms. The van der Waals surface area contributed by atoms with Gasteiger partial charge in [0.05, 0.1) is 0 Å². The van der Waals surface area contributed by atoms with Crippen molar-refractivity contribution >= 4 is 17.6 Å². The molecule has 1 aromatic carbocycles.